The van der Waals surface area contributed by atoms with Gasteiger partial charge in [0, 0.05) is 18.8 Å². The van der Waals surface area contributed by atoms with E-state index in [4.69, 9.17) is 4.42 Å². The van der Waals surface area contributed by atoms with Gasteiger partial charge in [0.25, 0.3) is 0 Å². The van der Waals surface area contributed by atoms with Crippen LogP contribution in [0.1, 0.15) is 0 Å². The van der Waals surface area contributed by atoms with Crippen LogP contribution in [0, 0.1) is 0 Å². The smallest absolute Gasteiger partial charge is 0.405 e. The van der Waals surface area contributed by atoms with E-state index in [0.29, 0.717) is 16.8 Å². The standard InChI is InChI=1S/C10H9F3N2O/c1-15(5-10(11,12)13)7-2-3-8-9(4-7)16-6-14-8/h2-4,6H,5H2,1H3. The van der Waals surface area contributed by atoms with E-state index in [0.717, 1.165) is 4.90 Å². The summed E-state index contributed by atoms with van der Waals surface area (Å²) in [6.45, 7) is -0.993. The highest BCUT2D eigenvalue weighted by molar-refractivity contribution is 5.77. The maximum atomic E-state index is 12.2. The minimum atomic E-state index is -4.22. The number of aromatic nitrogens is 1. The first-order chi connectivity index (χ1) is 7.46. The average Bonchev–Trinajstić information content (AvgIpc) is 2.61. The zero-order valence-electron chi connectivity index (χ0n) is 8.45. The van der Waals surface area contributed by atoms with Gasteiger partial charge in [-0.15, -0.1) is 0 Å². The molecule has 0 aliphatic rings. The predicted molar refractivity (Wildman–Crippen MR) is 53.3 cm³/mol. The lowest BCUT2D eigenvalue weighted by Crippen LogP contribution is -2.30. The molecule has 2 rings (SSSR count). The molecule has 0 saturated carbocycles. The monoisotopic (exact) mass is 230 g/mol. The van der Waals surface area contributed by atoms with E-state index in [9.17, 15) is 13.2 Å². The number of anilines is 1. The van der Waals surface area contributed by atoms with E-state index >= 15 is 0 Å². The molecule has 2 aromatic rings. The minimum Gasteiger partial charge on any atom is -0.443 e. The van der Waals surface area contributed by atoms with Crippen LogP contribution in [0.3, 0.4) is 0 Å². The summed E-state index contributed by atoms with van der Waals surface area (Å²) in [5.41, 5.74) is 1.55. The third kappa shape index (κ3) is 2.26. The summed E-state index contributed by atoms with van der Waals surface area (Å²) in [6.07, 6.45) is -2.96. The SMILES string of the molecule is CN(CC(F)(F)F)c1ccc2ncoc2c1. The number of halogens is 3. The molecule has 16 heavy (non-hydrogen) atoms. The van der Waals surface area contributed by atoms with E-state index in [1.165, 1.54) is 19.5 Å². The highest BCUT2D eigenvalue weighted by atomic mass is 19.4. The fourth-order valence-corrected chi connectivity index (χ4v) is 1.44. The van der Waals surface area contributed by atoms with Crippen molar-refractivity contribution in [1.82, 2.24) is 4.98 Å². The Bertz CT molecular complexity index is 492. The third-order valence-corrected chi connectivity index (χ3v) is 2.17. The van der Waals surface area contributed by atoms with Crippen molar-refractivity contribution in [1.29, 1.82) is 0 Å². The molecule has 0 unspecified atom stereocenters. The normalized spacial score (nSPS) is 12.0. The molecule has 86 valence electrons. The highest BCUT2D eigenvalue weighted by Crippen LogP contribution is 2.24. The quantitative estimate of drug-likeness (QED) is 0.794. The lowest BCUT2D eigenvalue weighted by atomic mass is 10.2. The Morgan fingerprint density at radius 3 is 2.81 bits per heavy atom. The molecule has 0 aliphatic carbocycles. The van der Waals surface area contributed by atoms with Crippen molar-refractivity contribution < 1.29 is 17.6 Å². The first kappa shape index (κ1) is 10.8. The molecule has 3 nitrogen and oxygen atoms in total. The van der Waals surface area contributed by atoms with E-state index in [2.05, 4.69) is 4.98 Å². The molecule has 0 bridgehead atoms. The largest absolute Gasteiger partial charge is 0.443 e. The van der Waals surface area contributed by atoms with Gasteiger partial charge in [-0.3, -0.25) is 0 Å². The second-order valence-electron chi connectivity index (χ2n) is 3.48. The Labute approximate surface area is 89.5 Å². The van der Waals surface area contributed by atoms with Crippen LogP contribution in [0.4, 0.5) is 18.9 Å². The minimum absolute atomic E-state index is 0.446. The lowest BCUT2D eigenvalue weighted by molar-refractivity contribution is -0.119. The van der Waals surface area contributed by atoms with Gasteiger partial charge in [0.05, 0.1) is 0 Å². The Kier molecular flexibility index (Phi) is 2.49. The zero-order valence-corrected chi connectivity index (χ0v) is 8.45. The number of alkyl halides is 3. The Morgan fingerprint density at radius 1 is 1.38 bits per heavy atom. The maximum Gasteiger partial charge on any atom is 0.405 e. The number of rotatable bonds is 2. The van der Waals surface area contributed by atoms with Gasteiger partial charge in [-0.2, -0.15) is 13.2 Å². The van der Waals surface area contributed by atoms with Crippen LogP contribution >= 0.6 is 0 Å². The van der Waals surface area contributed by atoms with E-state index < -0.39 is 12.7 Å². The van der Waals surface area contributed by atoms with Crippen LogP contribution in [0.2, 0.25) is 0 Å². The number of nitrogens with zero attached hydrogens (tertiary/aromatic N) is 2. The Balaban J connectivity index is 2.25. The third-order valence-electron chi connectivity index (χ3n) is 2.17. The molecule has 0 fully saturated rings. The summed E-state index contributed by atoms with van der Waals surface area (Å²) in [5, 5.41) is 0. The van der Waals surface area contributed by atoms with Gasteiger partial charge >= 0.3 is 6.18 Å². The van der Waals surface area contributed by atoms with Crippen molar-refractivity contribution in [2.75, 3.05) is 18.5 Å². The van der Waals surface area contributed by atoms with Crippen LogP contribution in [-0.4, -0.2) is 24.8 Å². The molecule has 0 amide bonds. The van der Waals surface area contributed by atoms with Gasteiger partial charge < -0.3 is 9.32 Å². The molecule has 0 atom stereocenters. The number of hydrogen-bond donors (Lipinski definition) is 0. The van der Waals surface area contributed by atoms with Gasteiger partial charge in [0.15, 0.2) is 12.0 Å². The number of benzene rings is 1. The second kappa shape index (κ2) is 3.70. The summed E-state index contributed by atoms with van der Waals surface area (Å²) in [5.74, 6) is 0. The average molecular weight is 230 g/mol. The lowest BCUT2D eigenvalue weighted by Gasteiger charge is -2.20. The summed E-state index contributed by atoms with van der Waals surface area (Å²) in [6, 6.07) is 4.74. The maximum absolute atomic E-state index is 12.2. The zero-order chi connectivity index (χ0) is 11.8. The van der Waals surface area contributed by atoms with Crippen LogP contribution in [0.25, 0.3) is 11.1 Å². The molecule has 0 radical (unpaired) electrons. The van der Waals surface area contributed by atoms with Crippen LogP contribution < -0.4 is 4.90 Å². The first-order valence-electron chi connectivity index (χ1n) is 4.57. The summed E-state index contributed by atoms with van der Waals surface area (Å²) in [4.78, 5) is 5.00. The summed E-state index contributed by atoms with van der Waals surface area (Å²) >= 11 is 0. The molecular weight excluding hydrogens is 221 g/mol. The second-order valence-corrected chi connectivity index (χ2v) is 3.48. The van der Waals surface area contributed by atoms with Gasteiger partial charge in [-0.05, 0) is 12.1 Å². The molecule has 0 N–H and O–H groups in total. The molecule has 0 aliphatic heterocycles. The van der Waals surface area contributed by atoms with Crippen molar-refractivity contribution >= 4 is 16.8 Å². The van der Waals surface area contributed by atoms with Crippen molar-refractivity contribution in [2.45, 2.75) is 6.18 Å². The van der Waals surface area contributed by atoms with E-state index in [1.54, 1.807) is 12.1 Å². The predicted octanol–water partition coefficient (Wildman–Crippen LogP) is 2.83. The topological polar surface area (TPSA) is 29.3 Å². The van der Waals surface area contributed by atoms with Crippen molar-refractivity contribution in [3.05, 3.63) is 24.6 Å². The van der Waals surface area contributed by atoms with E-state index in [-0.39, 0.29) is 0 Å². The summed E-state index contributed by atoms with van der Waals surface area (Å²) in [7, 11) is 1.38. The fraction of sp³-hybridized carbons (Fsp3) is 0.300. The number of oxazole rings is 1. The van der Waals surface area contributed by atoms with E-state index in [1.807, 2.05) is 0 Å². The van der Waals surface area contributed by atoms with Crippen LogP contribution in [0.15, 0.2) is 29.0 Å². The van der Waals surface area contributed by atoms with Gasteiger partial charge in [0.2, 0.25) is 0 Å². The van der Waals surface area contributed by atoms with Gasteiger partial charge in [-0.1, -0.05) is 0 Å². The fourth-order valence-electron chi connectivity index (χ4n) is 1.44. The summed E-state index contributed by atoms with van der Waals surface area (Å²) < 4.78 is 41.5. The van der Waals surface area contributed by atoms with Crippen molar-refractivity contribution in [3.63, 3.8) is 0 Å². The van der Waals surface area contributed by atoms with Crippen LogP contribution in [0.5, 0.6) is 0 Å². The van der Waals surface area contributed by atoms with Gasteiger partial charge in [0.1, 0.15) is 12.1 Å². The van der Waals surface area contributed by atoms with Crippen molar-refractivity contribution in [2.24, 2.45) is 0 Å². The molecule has 0 saturated heterocycles. The highest BCUT2D eigenvalue weighted by Gasteiger charge is 2.29. The molecule has 1 aromatic carbocycles. The first-order valence-corrected chi connectivity index (χ1v) is 4.57. The van der Waals surface area contributed by atoms with Crippen LogP contribution in [-0.2, 0) is 0 Å². The Hall–Kier alpha value is -1.72. The van der Waals surface area contributed by atoms with Crippen molar-refractivity contribution in [3.8, 4) is 0 Å². The molecule has 6 heteroatoms. The number of fused-ring (bicyclic) bond motifs is 1. The number of hydrogen-bond acceptors (Lipinski definition) is 3. The molecular formula is C10H9F3N2O. The van der Waals surface area contributed by atoms with Gasteiger partial charge in [-0.25, -0.2) is 4.98 Å². The Morgan fingerprint density at radius 2 is 2.12 bits per heavy atom. The molecule has 1 aromatic heterocycles. The molecule has 1 heterocycles. The molecule has 0 spiro atoms.